The molecule has 32 heavy (non-hydrogen) atoms. The fourth-order valence-electron chi connectivity index (χ4n) is 4.16. The van der Waals surface area contributed by atoms with Crippen LogP contribution in [0.2, 0.25) is 0 Å². The van der Waals surface area contributed by atoms with Crippen molar-refractivity contribution in [1.82, 2.24) is 19.8 Å². The molecule has 3 heterocycles. The number of fused-ring (bicyclic) bond motifs is 2. The first-order valence-corrected chi connectivity index (χ1v) is 10.6. The van der Waals surface area contributed by atoms with Gasteiger partial charge in [0, 0.05) is 32.0 Å². The summed E-state index contributed by atoms with van der Waals surface area (Å²) >= 11 is 0. The highest BCUT2D eigenvalue weighted by Gasteiger charge is 2.33. The zero-order valence-electron chi connectivity index (χ0n) is 17.5. The van der Waals surface area contributed by atoms with Crippen molar-refractivity contribution in [3.63, 3.8) is 0 Å². The number of carbonyl (C=O) groups is 2. The summed E-state index contributed by atoms with van der Waals surface area (Å²) in [6.07, 6.45) is 4.45. The van der Waals surface area contributed by atoms with Crippen LogP contribution in [-0.4, -0.2) is 70.4 Å². The van der Waals surface area contributed by atoms with Crippen molar-refractivity contribution >= 4 is 17.5 Å². The maximum Gasteiger partial charge on any atom is 0.257 e. The monoisotopic (exact) mass is 429 g/mol. The smallest absolute Gasteiger partial charge is 0.257 e. The van der Waals surface area contributed by atoms with Crippen LogP contribution in [0.3, 0.4) is 0 Å². The molecule has 8 nitrogen and oxygen atoms in total. The zero-order valence-corrected chi connectivity index (χ0v) is 17.5. The molecule has 0 aliphatic carbocycles. The molecule has 1 atom stereocenters. The van der Waals surface area contributed by atoms with Crippen LogP contribution < -0.4 is 10.1 Å². The normalized spacial score (nSPS) is 18.8. The maximum atomic E-state index is 12.8. The van der Waals surface area contributed by atoms with Gasteiger partial charge in [-0.3, -0.25) is 14.5 Å². The molecule has 0 radical (unpaired) electrons. The molecule has 0 saturated carbocycles. The Balaban J connectivity index is 1.36. The van der Waals surface area contributed by atoms with Crippen LogP contribution in [0.25, 0.3) is 11.1 Å². The Morgan fingerprint density at radius 2 is 1.84 bits per heavy atom. The van der Waals surface area contributed by atoms with E-state index in [1.807, 2.05) is 48.5 Å². The number of benzene rings is 2. The Morgan fingerprint density at radius 1 is 1.03 bits per heavy atom. The minimum absolute atomic E-state index is 0.0943. The number of piperazine rings is 1. The van der Waals surface area contributed by atoms with Crippen LogP contribution in [0.15, 0.2) is 67.3 Å². The quantitative estimate of drug-likeness (QED) is 0.673. The van der Waals surface area contributed by atoms with Crippen molar-refractivity contribution in [3.8, 4) is 16.9 Å². The number of hydrogen-bond donors (Lipinski definition) is 1. The number of carbonyl (C=O) groups excluding carboxylic acids is 2. The summed E-state index contributed by atoms with van der Waals surface area (Å²) in [4.78, 5) is 37.4. The fraction of sp³-hybridized carbons (Fsp3) is 0.250. The molecule has 0 bridgehead atoms. The van der Waals surface area contributed by atoms with Gasteiger partial charge in [-0.15, -0.1) is 0 Å². The number of anilines is 1. The fourth-order valence-corrected chi connectivity index (χ4v) is 4.16. The first-order valence-electron chi connectivity index (χ1n) is 10.6. The van der Waals surface area contributed by atoms with Gasteiger partial charge in [0.05, 0.1) is 23.8 Å². The predicted molar refractivity (Wildman–Crippen MR) is 119 cm³/mol. The van der Waals surface area contributed by atoms with Gasteiger partial charge in [-0.1, -0.05) is 36.4 Å². The van der Waals surface area contributed by atoms with Crippen LogP contribution in [0.1, 0.15) is 10.4 Å². The highest BCUT2D eigenvalue weighted by atomic mass is 16.5. The number of nitrogens with zero attached hydrogens (tertiary/aromatic N) is 4. The van der Waals surface area contributed by atoms with E-state index in [2.05, 4.69) is 20.2 Å². The van der Waals surface area contributed by atoms with Crippen molar-refractivity contribution in [3.05, 3.63) is 72.8 Å². The molecular formula is C24H23N5O3. The third-order valence-corrected chi connectivity index (χ3v) is 5.84. The highest BCUT2D eigenvalue weighted by Crippen LogP contribution is 2.32. The summed E-state index contributed by atoms with van der Waals surface area (Å²) in [7, 11) is 0. The molecule has 5 rings (SSSR count). The lowest BCUT2D eigenvalue weighted by molar-refractivity contribution is -0.118. The van der Waals surface area contributed by atoms with Gasteiger partial charge in [0.15, 0.2) is 0 Å². The molecule has 2 aromatic carbocycles. The number of hydrogen-bond acceptors (Lipinski definition) is 6. The third kappa shape index (κ3) is 4.17. The molecule has 162 valence electrons. The van der Waals surface area contributed by atoms with Gasteiger partial charge < -0.3 is 15.0 Å². The molecule has 0 unspecified atom stereocenters. The van der Waals surface area contributed by atoms with Gasteiger partial charge in [0.2, 0.25) is 5.91 Å². The topological polar surface area (TPSA) is 87.7 Å². The second-order valence-corrected chi connectivity index (χ2v) is 7.94. The van der Waals surface area contributed by atoms with E-state index in [1.165, 1.54) is 18.7 Å². The molecule has 3 aromatic rings. The van der Waals surface area contributed by atoms with Gasteiger partial charge in [0.1, 0.15) is 18.7 Å². The Hall–Kier alpha value is -3.78. The number of aromatic nitrogens is 2. The van der Waals surface area contributed by atoms with Crippen molar-refractivity contribution in [2.75, 3.05) is 38.1 Å². The molecule has 1 fully saturated rings. The molecular weight excluding hydrogens is 406 g/mol. The van der Waals surface area contributed by atoms with E-state index in [1.54, 1.807) is 4.90 Å². The number of ether oxygens (including phenoxy) is 1. The molecule has 8 heteroatoms. The SMILES string of the molecule is O=C1CN2CCN(C(=O)c3cncnc3)C[C@H]2COc2ccc(-c3ccccc3)cc2N1. The molecule has 2 aliphatic rings. The third-order valence-electron chi connectivity index (χ3n) is 5.84. The van der Waals surface area contributed by atoms with Crippen LogP contribution in [0, 0.1) is 0 Å². The van der Waals surface area contributed by atoms with Crippen molar-refractivity contribution < 1.29 is 14.3 Å². The van der Waals surface area contributed by atoms with Crippen LogP contribution in [-0.2, 0) is 4.79 Å². The molecule has 1 saturated heterocycles. The summed E-state index contributed by atoms with van der Waals surface area (Å²) < 4.78 is 6.13. The molecule has 2 aliphatic heterocycles. The average Bonchev–Trinajstić information content (AvgIpc) is 2.90. The summed E-state index contributed by atoms with van der Waals surface area (Å²) in [6, 6.07) is 15.7. The van der Waals surface area contributed by atoms with Gasteiger partial charge in [0.25, 0.3) is 5.91 Å². The van der Waals surface area contributed by atoms with Crippen molar-refractivity contribution in [2.24, 2.45) is 0 Å². The van der Waals surface area contributed by atoms with Gasteiger partial charge in [-0.05, 0) is 23.3 Å². The Kier molecular flexibility index (Phi) is 5.51. The molecule has 1 N–H and O–H groups in total. The Labute approximate surface area is 185 Å². The van der Waals surface area contributed by atoms with Crippen molar-refractivity contribution in [2.45, 2.75) is 6.04 Å². The molecule has 1 aromatic heterocycles. The van der Waals surface area contributed by atoms with Crippen LogP contribution >= 0.6 is 0 Å². The van der Waals surface area contributed by atoms with Crippen LogP contribution in [0.5, 0.6) is 5.75 Å². The second kappa shape index (κ2) is 8.76. The largest absolute Gasteiger partial charge is 0.490 e. The van der Waals surface area contributed by atoms with Gasteiger partial charge >= 0.3 is 0 Å². The first-order chi connectivity index (χ1) is 15.7. The van der Waals surface area contributed by atoms with E-state index in [4.69, 9.17) is 4.74 Å². The highest BCUT2D eigenvalue weighted by molar-refractivity contribution is 5.95. The maximum absolute atomic E-state index is 12.8. The van der Waals surface area contributed by atoms with Gasteiger partial charge in [-0.25, -0.2) is 9.97 Å². The first kappa shape index (κ1) is 20.1. The summed E-state index contributed by atoms with van der Waals surface area (Å²) in [5.41, 5.74) is 3.19. The minimum Gasteiger partial charge on any atom is -0.490 e. The van der Waals surface area contributed by atoms with E-state index < -0.39 is 0 Å². The summed E-state index contributed by atoms with van der Waals surface area (Å²) in [5, 5.41) is 3.00. The lowest BCUT2D eigenvalue weighted by Gasteiger charge is -2.40. The molecule has 2 amide bonds. The molecule has 0 spiro atoms. The summed E-state index contributed by atoms with van der Waals surface area (Å²) in [6.45, 7) is 2.22. The average molecular weight is 429 g/mol. The number of nitrogens with one attached hydrogen (secondary N) is 1. The second-order valence-electron chi connectivity index (χ2n) is 7.94. The van der Waals surface area contributed by atoms with E-state index >= 15 is 0 Å². The minimum atomic E-state index is -0.109. The zero-order chi connectivity index (χ0) is 21.9. The Bertz CT molecular complexity index is 1120. The van der Waals surface area contributed by atoms with E-state index in [9.17, 15) is 9.59 Å². The predicted octanol–water partition coefficient (Wildman–Crippen LogP) is 2.30. The van der Waals surface area contributed by atoms with Crippen LogP contribution in [0.4, 0.5) is 5.69 Å². The number of amides is 2. The summed E-state index contributed by atoms with van der Waals surface area (Å²) in [5.74, 6) is 0.422. The standard InChI is InChI=1S/C24H23N5O3/c30-23-14-28-8-9-29(24(31)19-11-25-16-26-12-19)13-20(28)15-32-22-7-6-18(10-21(22)27-23)17-4-2-1-3-5-17/h1-7,10-12,16,20H,8-9,13-15H2,(H,27,30)/t20-/m0/s1. The van der Waals surface area contributed by atoms with Crippen molar-refractivity contribution in [1.29, 1.82) is 0 Å². The van der Waals surface area contributed by atoms with E-state index in [0.29, 0.717) is 43.2 Å². The lowest BCUT2D eigenvalue weighted by atomic mass is 10.0. The lowest BCUT2D eigenvalue weighted by Crippen LogP contribution is -2.57. The van der Waals surface area contributed by atoms with Gasteiger partial charge in [-0.2, -0.15) is 0 Å². The Morgan fingerprint density at radius 3 is 2.66 bits per heavy atom. The van der Waals surface area contributed by atoms with E-state index in [0.717, 1.165) is 11.1 Å². The number of rotatable bonds is 2. The van der Waals surface area contributed by atoms with E-state index in [-0.39, 0.29) is 24.4 Å².